The van der Waals surface area contributed by atoms with Crippen LogP contribution in [0.1, 0.15) is 133 Å². The van der Waals surface area contributed by atoms with E-state index in [9.17, 15) is 4.79 Å². The first-order valence-electron chi connectivity index (χ1n) is 16.0. The predicted octanol–water partition coefficient (Wildman–Crippen LogP) is 10.7. The normalized spacial score (nSPS) is 13.4. The number of ether oxygens (including phenoxy) is 1. The molecule has 0 aliphatic carbocycles. The monoisotopic (exact) mass is 578 g/mol. The fourth-order valence-corrected chi connectivity index (χ4v) is 6.22. The lowest BCUT2D eigenvalue weighted by Crippen LogP contribution is -2.20. The van der Waals surface area contributed by atoms with Crippen LogP contribution in [0.5, 0.6) is 5.75 Å². The van der Waals surface area contributed by atoms with Gasteiger partial charge in [-0.2, -0.15) is 0 Å². The van der Waals surface area contributed by atoms with E-state index in [4.69, 9.17) is 4.74 Å². The highest BCUT2D eigenvalue weighted by atomic mass is 32.2. The molecule has 4 nitrogen and oxygen atoms in total. The molecular weight excluding hydrogens is 524 g/mol. The van der Waals surface area contributed by atoms with Crippen LogP contribution in [0.15, 0.2) is 53.6 Å². The molecule has 1 heterocycles. The van der Waals surface area contributed by atoms with E-state index in [2.05, 4.69) is 56.3 Å². The second kappa shape index (κ2) is 17.5. The molecule has 1 amide bonds. The van der Waals surface area contributed by atoms with E-state index >= 15 is 0 Å². The minimum absolute atomic E-state index is 0.0847. The van der Waals surface area contributed by atoms with Crippen LogP contribution in [0.4, 0.5) is 5.69 Å². The Labute approximate surface area is 254 Å². The third-order valence-corrected chi connectivity index (χ3v) is 8.88. The molecule has 0 saturated carbocycles. The van der Waals surface area contributed by atoms with Crippen molar-refractivity contribution in [2.45, 2.75) is 124 Å². The van der Waals surface area contributed by atoms with Crippen molar-refractivity contribution in [2.75, 3.05) is 17.8 Å². The number of carbonyl (C=O) groups is 1. The van der Waals surface area contributed by atoms with Gasteiger partial charge < -0.3 is 15.0 Å². The summed E-state index contributed by atoms with van der Waals surface area (Å²) in [6.45, 7) is 12.5. The third kappa shape index (κ3) is 11.4. The van der Waals surface area contributed by atoms with Crippen molar-refractivity contribution in [2.24, 2.45) is 0 Å². The SMILES string of the molecule is CCCCCCCCCCCCCCOc1ccc(C(=O)Nc2ccccc2CN2CSC=C2C)cc1C(C)(C)C. The molecule has 2 aromatic rings. The van der Waals surface area contributed by atoms with Crippen molar-refractivity contribution in [3.63, 3.8) is 0 Å². The number of amides is 1. The summed E-state index contributed by atoms with van der Waals surface area (Å²) in [7, 11) is 0. The number of rotatable bonds is 18. The van der Waals surface area contributed by atoms with Crippen molar-refractivity contribution < 1.29 is 9.53 Å². The number of unbranched alkanes of at least 4 members (excludes halogenated alkanes) is 11. The van der Waals surface area contributed by atoms with E-state index in [-0.39, 0.29) is 11.3 Å². The molecule has 2 aromatic carbocycles. The van der Waals surface area contributed by atoms with Crippen LogP contribution < -0.4 is 10.1 Å². The average Bonchev–Trinajstić information content (AvgIpc) is 3.35. The molecule has 0 aromatic heterocycles. The van der Waals surface area contributed by atoms with Crippen LogP contribution in [0.3, 0.4) is 0 Å². The number of allylic oxidation sites excluding steroid dienone is 1. The Morgan fingerprint density at radius 2 is 1.54 bits per heavy atom. The van der Waals surface area contributed by atoms with Gasteiger partial charge in [0.25, 0.3) is 5.91 Å². The molecule has 0 fully saturated rings. The molecule has 3 rings (SSSR count). The van der Waals surface area contributed by atoms with Gasteiger partial charge in [0.2, 0.25) is 0 Å². The molecule has 1 aliphatic rings. The average molecular weight is 579 g/mol. The highest BCUT2D eigenvalue weighted by Crippen LogP contribution is 2.33. The smallest absolute Gasteiger partial charge is 0.255 e. The van der Waals surface area contributed by atoms with Gasteiger partial charge in [-0.1, -0.05) is 117 Å². The third-order valence-electron chi connectivity index (χ3n) is 7.92. The number of nitrogens with one attached hydrogen (secondary N) is 1. The van der Waals surface area contributed by atoms with Gasteiger partial charge in [0.15, 0.2) is 0 Å². The lowest BCUT2D eigenvalue weighted by Gasteiger charge is -2.24. The van der Waals surface area contributed by atoms with Gasteiger partial charge in [-0.3, -0.25) is 4.79 Å². The fraction of sp³-hybridized carbons (Fsp3) is 0.583. The number of hydrogen-bond acceptors (Lipinski definition) is 4. The van der Waals surface area contributed by atoms with Crippen molar-refractivity contribution in [1.82, 2.24) is 4.90 Å². The Morgan fingerprint density at radius 3 is 2.15 bits per heavy atom. The second-order valence-corrected chi connectivity index (χ2v) is 13.4. The molecule has 0 spiro atoms. The fourth-order valence-electron chi connectivity index (χ4n) is 5.28. The van der Waals surface area contributed by atoms with Crippen LogP contribution in [0.25, 0.3) is 0 Å². The molecule has 0 bridgehead atoms. The first-order chi connectivity index (χ1) is 19.8. The first kappa shape index (κ1) is 33.1. The molecule has 0 atom stereocenters. The zero-order chi connectivity index (χ0) is 29.5. The van der Waals surface area contributed by atoms with E-state index in [0.717, 1.165) is 48.0 Å². The van der Waals surface area contributed by atoms with Crippen molar-refractivity contribution in [3.8, 4) is 5.75 Å². The number of carbonyl (C=O) groups excluding carboxylic acids is 1. The lowest BCUT2D eigenvalue weighted by molar-refractivity contribution is 0.102. The molecule has 0 saturated heterocycles. The van der Waals surface area contributed by atoms with Crippen molar-refractivity contribution >= 4 is 23.4 Å². The minimum atomic E-state index is -0.128. The van der Waals surface area contributed by atoms with E-state index < -0.39 is 0 Å². The van der Waals surface area contributed by atoms with Gasteiger partial charge in [0.05, 0.1) is 12.5 Å². The summed E-state index contributed by atoms with van der Waals surface area (Å²) in [5.74, 6) is 1.76. The maximum atomic E-state index is 13.4. The van der Waals surface area contributed by atoms with Gasteiger partial charge in [0, 0.05) is 29.1 Å². The van der Waals surface area contributed by atoms with Gasteiger partial charge >= 0.3 is 0 Å². The Hall–Kier alpha value is -2.40. The second-order valence-electron chi connectivity index (χ2n) is 12.6. The van der Waals surface area contributed by atoms with E-state index in [1.54, 1.807) is 0 Å². The van der Waals surface area contributed by atoms with Gasteiger partial charge in [-0.15, -0.1) is 11.8 Å². The van der Waals surface area contributed by atoms with E-state index in [1.165, 1.54) is 76.3 Å². The largest absolute Gasteiger partial charge is 0.493 e. The summed E-state index contributed by atoms with van der Waals surface area (Å²) < 4.78 is 6.27. The van der Waals surface area contributed by atoms with Gasteiger partial charge in [0.1, 0.15) is 5.75 Å². The molecule has 0 radical (unpaired) electrons. The standard InChI is InChI=1S/C36H54N2O2S/c1-6-7-8-9-10-11-12-13-14-15-16-19-24-40-34-23-22-30(25-32(34)36(3,4)5)35(39)37-33-21-18-17-20-31(33)26-38-28-41-27-29(38)2/h17-18,20-23,25,27H,6-16,19,24,26,28H2,1-5H3,(H,37,39). The van der Waals surface area contributed by atoms with Crippen LogP contribution in [0, 0.1) is 0 Å². The van der Waals surface area contributed by atoms with Gasteiger partial charge in [-0.05, 0) is 54.0 Å². The van der Waals surface area contributed by atoms with Crippen LogP contribution in [-0.2, 0) is 12.0 Å². The van der Waals surface area contributed by atoms with E-state index in [0.29, 0.717) is 5.56 Å². The van der Waals surface area contributed by atoms with Crippen LogP contribution in [0.2, 0.25) is 0 Å². The van der Waals surface area contributed by atoms with Crippen molar-refractivity contribution in [1.29, 1.82) is 0 Å². The molecule has 226 valence electrons. The maximum Gasteiger partial charge on any atom is 0.255 e. The lowest BCUT2D eigenvalue weighted by atomic mass is 9.85. The molecule has 1 N–H and O–H groups in total. The minimum Gasteiger partial charge on any atom is -0.493 e. The quantitative estimate of drug-likeness (QED) is 0.179. The Morgan fingerprint density at radius 1 is 0.902 bits per heavy atom. The number of anilines is 1. The first-order valence-corrected chi connectivity index (χ1v) is 17.0. The summed E-state index contributed by atoms with van der Waals surface area (Å²) in [5, 5.41) is 5.37. The number of hydrogen-bond donors (Lipinski definition) is 1. The molecule has 0 unspecified atom stereocenters. The highest BCUT2D eigenvalue weighted by Gasteiger charge is 2.22. The molecule has 5 heteroatoms. The number of para-hydroxylation sites is 1. The number of thioether (sulfide) groups is 1. The summed E-state index contributed by atoms with van der Waals surface area (Å²) in [5.41, 5.74) is 4.87. The Balaban J connectivity index is 1.47. The summed E-state index contributed by atoms with van der Waals surface area (Å²) in [6, 6.07) is 14.0. The van der Waals surface area contributed by atoms with Crippen LogP contribution >= 0.6 is 11.8 Å². The molecular formula is C36H54N2O2S. The van der Waals surface area contributed by atoms with Gasteiger partial charge in [-0.25, -0.2) is 0 Å². The maximum absolute atomic E-state index is 13.4. The summed E-state index contributed by atoms with van der Waals surface area (Å²) in [4.78, 5) is 15.7. The molecule has 41 heavy (non-hydrogen) atoms. The Bertz CT molecular complexity index is 1100. The predicted molar refractivity (Wildman–Crippen MR) is 178 cm³/mol. The zero-order valence-corrected chi connectivity index (χ0v) is 27.2. The van der Waals surface area contributed by atoms with Crippen LogP contribution in [-0.4, -0.2) is 23.3 Å². The summed E-state index contributed by atoms with van der Waals surface area (Å²) in [6.07, 6.45) is 16.0. The molecule has 1 aliphatic heterocycles. The van der Waals surface area contributed by atoms with E-state index in [1.807, 2.05) is 48.2 Å². The summed E-state index contributed by atoms with van der Waals surface area (Å²) >= 11 is 1.81. The zero-order valence-electron chi connectivity index (χ0n) is 26.4. The van der Waals surface area contributed by atoms with Crippen molar-refractivity contribution in [3.05, 3.63) is 70.3 Å². The number of benzene rings is 2. The number of nitrogens with zero attached hydrogens (tertiary/aromatic N) is 1. The Kier molecular flexibility index (Phi) is 14.2. The highest BCUT2D eigenvalue weighted by molar-refractivity contribution is 8.02. The topological polar surface area (TPSA) is 41.6 Å².